The summed E-state index contributed by atoms with van der Waals surface area (Å²) < 4.78 is 19.1. The van der Waals surface area contributed by atoms with Crippen LogP contribution in [0, 0.1) is 19.7 Å². The number of ether oxygens (including phenoxy) is 1. The molecule has 0 spiro atoms. The lowest BCUT2D eigenvalue weighted by molar-refractivity contribution is 0.419. The molecular weight excluding hydrogens is 379 g/mol. The van der Waals surface area contributed by atoms with Crippen molar-refractivity contribution in [2.24, 2.45) is 0 Å². The van der Waals surface area contributed by atoms with Crippen LogP contribution in [0.5, 0.6) is 5.75 Å². The molecule has 0 aliphatic rings. The summed E-state index contributed by atoms with van der Waals surface area (Å²) in [6, 6.07) is 18.5. The van der Waals surface area contributed by atoms with E-state index in [0.29, 0.717) is 17.2 Å². The van der Waals surface area contributed by atoms with Crippen LogP contribution in [0.1, 0.15) is 11.1 Å². The number of fused-ring (bicyclic) bond motifs is 1. The minimum absolute atomic E-state index is 0.279. The fraction of sp³-hybridized carbons (Fsp3) is 0.167. The van der Waals surface area contributed by atoms with Crippen LogP contribution in [-0.4, -0.2) is 24.1 Å². The van der Waals surface area contributed by atoms with Crippen molar-refractivity contribution < 1.29 is 9.13 Å². The lowest BCUT2D eigenvalue weighted by Crippen LogP contribution is -2.14. The van der Waals surface area contributed by atoms with E-state index < -0.39 is 0 Å². The van der Waals surface area contributed by atoms with Crippen LogP contribution < -0.4 is 15.0 Å². The number of nitrogens with one attached hydrogen (secondary N) is 1. The summed E-state index contributed by atoms with van der Waals surface area (Å²) in [6.45, 7) is 3.91. The van der Waals surface area contributed by atoms with E-state index in [1.807, 2.05) is 49.2 Å². The van der Waals surface area contributed by atoms with Crippen molar-refractivity contribution in [2.45, 2.75) is 13.8 Å². The summed E-state index contributed by atoms with van der Waals surface area (Å²) >= 11 is 0. The molecule has 4 rings (SSSR count). The van der Waals surface area contributed by atoms with E-state index in [0.717, 1.165) is 33.7 Å². The van der Waals surface area contributed by atoms with Gasteiger partial charge in [0.05, 0.1) is 7.11 Å². The third-order valence-corrected chi connectivity index (χ3v) is 5.12. The Hall–Kier alpha value is -3.67. The lowest BCUT2D eigenvalue weighted by atomic mass is 10.1. The molecule has 0 saturated heterocycles. The van der Waals surface area contributed by atoms with Gasteiger partial charge in [0, 0.05) is 23.8 Å². The molecule has 0 bridgehead atoms. The van der Waals surface area contributed by atoms with Crippen molar-refractivity contribution in [3.05, 3.63) is 77.6 Å². The number of methoxy groups -OCH3 is 1. The molecule has 152 valence electrons. The normalized spacial score (nSPS) is 10.8. The molecule has 1 heterocycles. The van der Waals surface area contributed by atoms with Crippen molar-refractivity contribution >= 4 is 34.0 Å². The minimum Gasteiger partial charge on any atom is -0.494 e. The van der Waals surface area contributed by atoms with E-state index in [1.165, 1.54) is 12.1 Å². The van der Waals surface area contributed by atoms with Gasteiger partial charge in [-0.2, -0.15) is 4.98 Å². The zero-order valence-electron chi connectivity index (χ0n) is 17.4. The fourth-order valence-corrected chi connectivity index (χ4v) is 3.53. The molecule has 1 aromatic heterocycles. The highest BCUT2D eigenvalue weighted by atomic mass is 19.1. The smallest absolute Gasteiger partial charge is 0.229 e. The topological polar surface area (TPSA) is 50.3 Å². The molecule has 6 heteroatoms. The van der Waals surface area contributed by atoms with Gasteiger partial charge in [0.25, 0.3) is 0 Å². The first kappa shape index (κ1) is 19.6. The van der Waals surface area contributed by atoms with Crippen LogP contribution in [0.15, 0.2) is 60.7 Å². The first-order chi connectivity index (χ1) is 14.5. The Bertz CT molecular complexity index is 1230. The predicted molar refractivity (Wildman–Crippen MR) is 120 cm³/mol. The quantitative estimate of drug-likeness (QED) is 0.450. The maximum atomic E-state index is 13.5. The maximum Gasteiger partial charge on any atom is 0.229 e. The number of benzene rings is 3. The van der Waals surface area contributed by atoms with E-state index >= 15 is 0 Å². The molecule has 0 saturated carbocycles. The molecule has 30 heavy (non-hydrogen) atoms. The molecular formula is C24H23FN4O. The van der Waals surface area contributed by atoms with Crippen LogP contribution in [-0.2, 0) is 0 Å². The van der Waals surface area contributed by atoms with Crippen molar-refractivity contribution in [2.75, 3.05) is 24.4 Å². The number of aromatic nitrogens is 2. The summed E-state index contributed by atoms with van der Waals surface area (Å²) in [5, 5.41) is 4.11. The van der Waals surface area contributed by atoms with Crippen molar-refractivity contribution in [1.82, 2.24) is 9.97 Å². The zero-order chi connectivity index (χ0) is 21.3. The molecule has 0 atom stereocenters. The van der Waals surface area contributed by atoms with Gasteiger partial charge in [-0.15, -0.1) is 0 Å². The van der Waals surface area contributed by atoms with E-state index in [2.05, 4.69) is 24.4 Å². The molecule has 3 aromatic carbocycles. The van der Waals surface area contributed by atoms with E-state index in [4.69, 9.17) is 14.7 Å². The van der Waals surface area contributed by atoms with Gasteiger partial charge in [-0.25, -0.2) is 9.37 Å². The Morgan fingerprint density at radius 3 is 2.47 bits per heavy atom. The summed E-state index contributed by atoms with van der Waals surface area (Å²) in [6.07, 6.45) is 0. The Kier molecular flexibility index (Phi) is 5.23. The molecule has 4 aromatic rings. The first-order valence-electron chi connectivity index (χ1n) is 9.65. The van der Waals surface area contributed by atoms with Gasteiger partial charge < -0.3 is 15.0 Å². The molecule has 0 fully saturated rings. The Morgan fingerprint density at radius 1 is 0.933 bits per heavy atom. The van der Waals surface area contributed by atoms with Gasteiger partial charge in [0.15, 0.2) is 0 Å². The third-order valence-electron chi connectivity index (χ3n) is 5.12. The van der Waals surface area contributed by atoms with Gasteiger partial charge in [-0.3, -0.25) is 0 Å². The van der Waals surface area contributed by atoms with Gasteiger partial charge in [-0.05, 0) is 61.4 Å². The van der Waals surface area contributed by atoms with Crippen molar-refractivity contribution in [3.63, 3.8) is 0 Å². The van der Waals surface area contributed by atoms with Crippen LogP contribution >= 0.6 is 0 Å². The number of hydrogen-bond donors (Lipinski definition) is 1. The third kappa shape index (κ3) is 3.64. The van der Waals surface area contributed by atoms with Gasteiger partial charge >= 0.3 is 0 Å². The predicted octanol–water partition coefficient (Wildman–Crippen LogP) is 5.91. The standard InChI is InChI=1S/C24H23FN4O/c1-15-8-5-6-10-20(15)29(3)23-18-9-7-11-21(30-4)22(18)27-24(28-23)26-19-13-12-17(25)14-16(19)2/h5-14H,1-4H3,(H,26,27,28). The molecule has 0 radical (unpaired) electrons. The van der Waals surface area contributed by atoms with Crippen LogP contribution in [0.2, 0.25) is 0 Å². The van der Waals surface area contributed by atoms with Crippen molar-refractivity contribution in [3.8, 4) is 5.75 Å². The number of hydrogen-bond acceptors (Lipinski definition) is 5. The molecule has 5 nitrogen and oxygen atoms in total. The molecule has 1 N–H and O–H groups in total. The largest absolute Gasteiger partial charge is 0.494 e. The number of para-hydroxylation sites is 2. The van der Waals surface area contributed by atoms with Crippen LogP contribution in [0.4, 0.5) is 27.5 Å². The summed E-state index contributed by atoms with van der Waals surface area (Å²) in [7, 11) is 3.61. The molecule has 0 amide bonds. The zero-order valence-corrected chi connectivity index (χ0v) is 17.4. The van der Waals surface area contributed by atoms with E-state index in [-0.39, 0.29) is 5.82 Å². The average molecular weight is 402 g/mol. The number of halogens is 1. The second-order valence-electron chi connectivity index (χ2n) is 7.16. The Balaban J connectivity index is 1.89. The van der Waals surface area contributed by atoms with Crippen LogP contribution in [0.3, 0.4) is 0 Å². The number of nitrogens with zero attached hydrogens (tertiary/aromatic N) is 3. The fourth-order valence-electron chi connectivity index (χ4n) is 3.53. The second-order valence-corrected chi connectivity index (χ2v) is 7.16. The SMILES string of the molecule is COc1cccc2c(N(C)c3ccccc3C)nc(Nc3ccc(F)cc3C)nc12. The summed E-state index contributed by atoms with van der Waals surface area (Å²) in [5.41, 5.74) is 4.40. The van der Waals surface area contributed by atoms with E-state index in [1.54, 1.807) is 13.2 Å². The Labute approximate surface area is 175 Å². The highest BCUT2D eigenvalue weighted by molar-refractivity contribution is 5.96. The van der Waals surface area contributed by atoms with Gasteiger partial charge in [0.1, 0.15) is 22.9 Å². The van der Waals surface area contributed by atoms with Gasteiger partial charge in [-0.1, -0.05) is 24.3 Å². The molecule has 0 aliphatic heterocycles. The molecule has 0 unspecified atom stereocenters. The van der Waals surface area contributed by atoms with Crippen LogP contribution in [0.25, 0.3) is 10.9 Å². The Morgan fingerprint density at radius 2 is 1.73 bits per heavy atom. The number of aryl methyl sites for hydroxylation is 2. The summed E-state index contributed by atoms with van der Waals surface area (Å²) in [5.74, 6) is 1.54. The van der Waals surface area contributed by atoms with E-state index in [9.17, 15) is 4.39 Å². The minimum atomic E-state index is -0.279. The van der Waals surface area contributed by atoms with Gasteiger partial charge in [0.2, 0.25) is 5.95 Å². The highest BCUT2D eigenvalue weighted by Gasteiger charge is 2.17. The highest BCUT2D eigenvalue weighted by Crippen LogP contribution is 2.35. The lowest BCUT2D eigenvalue weighted by Gasteiger charge is -2.23. The first-order valence-corrected chi connectivity index (χ1v) is 9.65. The molecule has 0 aliphatic carbocycles. The summed E-state index contributed by atoms with van der Waals surface area (Å²) in [4.78, 5) is 11.5. The second kappa shape index (κ2) is 7.99. The van der Waals surface area contributed by atoms with Crippen molar-refractivity contribution in [1.29, 1.82) is 0 Å². The monoisotopic (exact) mass is 402 g/mol. The maximum absolute atomic E-state index is 13.5. The number of anilines is 4. The average Bonchev–Trinajstić information content (AvgIpc) is 2.74. The number of rotatable bonds is 5.